The maximum absolute atomic E-state index is 12.5. The van der Waals surface area contributed by atoms with Crippen LogP contribution in [0.15, 0.2) is 17.1 Å². The number of carboxylic acids is 1. The Labute approximate surface area is 163 Å². The van der Waals surface area contributed by atoms with Crippen molar-refractivity contribution in [2.75, 3.05) is 13.1 Å². The van der Waals surface area contributed by atoms with Gasteiger partial charge in [-0.25, -0.2) is 9.79 Å². The maximum Gasteiger partial charge on any atom is 0.330 e. The molecular weight excluding hydrogens is 372 g/mol. The molecule has 11 heteroatoms. The van der Waals surface area contributed by atoms with Crippen molar-refractivity contribution < 1.29 is 19.5 Å². The molecule has 1 aliphatic heterocycles. The van der Waals surface area contributed by atoms with E-state index in [1.165, 1.54) is 19.1 Å². The Bertz CT molecular complexity index is 647. The van der Waals surface area contributed by atoms with Gasteiger partial charge in [-0.15, -0.1) is 0 Å². The number of aliphatic carboxylic acids is 1. The highest BCUT2D eigenvalue weighted by atomic mass is 32.1. The molecule has 3 unspecified atom stereocenters. The van der Waals surface area contributed by atoms with Gasteiger partial charge in [-0.3, -0.25) is 9.59 Å². The van der Waals surface area contributed by atoms with E-state index in [0.717, 1.165) is 6.42 Å². The van der Waals surface area contributed by atoms with Gasteiger partial charge in [0.2, 0.25) is 11.8 Å². The van der Waals surface area contributed by atoms with Crippen molar-refractivity contribution in [1.82, 2.24) is 15.5 Å². The number of aliphatic imine (C=N–C) groups is 1. The second-order valence-electron chi connectivity index (χ2n) is 6.13. The predicted octanol–water partition coefficient (Wildman–Crippen LogP) is -1.30. The number of carbonyl (C=O) groups is 3. The molecule has 0 aromatic heterocycles. The van der Waals surface area contributed by atoms with E-state index < -0.39 is 24.1 Å². The Hall–Kier alpha value is -2.69. The van der Waals surface area contributed by atoms with E-state index in [-0.39, 0.29) is 29.3 Å². The van der Waals surface area contributed by atoms with Crippen molar-refractivity contribution in [2.45, 2.75) is 44.8 Å². The minimum absolute atomic E-state index is 0.0941. The second kappa shape index (κ2) is 10.5. The molecule has 10 nitrogen and oxygen atoms in total. The smallest absolute Gasteiger partial charge is 0.330 e. The Morgan fingerprint density at radius 2 is 2.04 bits per heavy atom. The first-order valence-corrected chi connectivity index (χ1v) is 8.87. The van der Waals surface area contributed by atoms with Gasteiger partial charge in [0.05, 0.1) is 17.6 Å². The minimum atomic E-state index is -1.12. The molecule has 1 aliphatic rings. The number of amides is 2. The lowest BCUT2D eigenvalue weighted by Gasteiger charge is -2.29. The summed E-state index contributed by atoms with van der Waals surface area (Å²) in [6, 6.07) is -2.17. The topological polar surface area (TPSA) is 163 Å². The lowest BCUT2D eigenvalue weighted by atomic mass is 10.1. The van der Waals surface area contributed by atoms with Gasteiger partial charge in [0.25, 0.3) is 0 Å². The quantitative estimate of drug-likeness (QED) is 0.146. The normalized spacial score (nSPS) is 18.6. The van der Waals surface area contributed by atoms with Crippen LogP contribution in [-0.2, 0) is 14.4 Å². The van der Waals surface area contributed by atoms with Gasteiger partial charge in [-0.05, 0) is 19.8 Å². The van der Waals surface area contributed by atoms with Gasteiger partial charge in [0.15, 0.2) is 5.96 Å². The number of nitrogens with two attached hydrogens (primary N) is 2. The van der Waals surface area contributed by atoms with Crippen LogP contribution in [-0.4, -0.2) is 70.0 Å². The predicted molar refractivity (Wildman–Crippen MR) is 105 cm³/mol. The summed E-state index contributed by atoms with van der Waals surface area (Å²) in [5.41, 5.74) is 10.4. The molecule has 0 radical (unpaired) electrons. The summed E-state index contributed by atoms with van der Waals surface area (Å²) in [6.45, 7) is 3.57. The molecule has 1 rings (SSSR count). The summed E-state index contributed by atoms with van der Waals surface area (Å²) < 4.78 is 0. The van der Waals surface area contributed by atoms with Crippen LogP contribution in [0, 0.1) is 0 Å². The van der Waals surface area contributed by atoms with Crippen molar-refractivity contribution in [3.63, 3.8) is 0 Å². The SMILES string of the molecule is CC(=O)NC(C)C(=O)N1CCCC1C(=S)NC(C=CCN=C(N)N)C(=O)O. The van der Waals surface area contributed by atoms with Crippen LogP contribution in [0.25, 0.3) is 0 Å². The monoisotopic (exact) mass is 398 g/mol. The van der Waals surface area contributed by atoms with Gasteiger partial charge < -0.3 is 32.1 Å². The lowest BCUT2D eigenvalue weighted by Crippen LogP contribution is -2.53. The molecule has 150 valence electrons. The summed E-state index contributed by atoms with van der Waals surface area (Å²) >= 11 is 5.34. The first-order chi connectivity index (χ1) is 12.6. The number of thiocarbonyl (C=S) groups is 1. The first kappa shape index (κ1) is 22.4. The molecule has 1 fully saturated rings. The average molecular weight is 398 g/mol. The number of nitrogens with one attached hydrogen (secondary N) is 2. The number of hydrogen-bond acceptors (Lipinski definition) is 5. The average Bonchev–Trinajstić information content (AvgIpc) is 3.05. The Morgan fingerprint density at radius 1 is 1.37 bits per heavy atom. The molecule has 0 aromatic rings. The van der Waals surface area contributed by atoms with Gasteiger partial charge in [0, 0.05) is 13.5 Å². The fourth-order valence-corrected chi connectivity index (χ4v) is 3.09. The molecule has 0 saturated carbocycles. The summed E-state index contributed by atoms with van der Waals surface area (Å²) in [7, 11) is 0. The Balaban J connectivity index is 2.76. The van der Waals surface area contributed by atoms with Crippen LogP contribution in [0.4, 0.5) is 0 Å². The third-order valence-electron chi connectivity index (χ3n) is 3.90. The molecular formula is C16H26N6O4S. The summed E-state index contributed by atoms with van der Waals surface area (Å²) in [4.78, 5) is 40.7. The highest BCUT2D eigenvalue weighted by molar-refractivity contribution is 7.80. The van der Waals surface area contributed by atoms with Crippen LogP contribution in [0.1, 0.15) is 26.7 Å². The highest BCUT2D eigenvalue weighted by Gasteiger charge is 2.35. The van der Waals surface area contributed by atoms with Gasteiger partial charge in [0.1, 0.15) is 12.1 Å². The second-order valence-corrected chi connectivity index (χ2v) is 6.57. The fourth-order valence-electron chi connectivity index (χ4n) is 2.72. The minimum Gasteiger partial charge on any atom is -0.479 e. The zero-order chi connectivity index (χ0) is 20.6. The van der Waals surface area contributed by atoms with Crippen LogP contribution in [0.2, 0.25) is 0 Å². The number of carboxylic acid groups (broad SMARTS) is 1. The van der Waals surface area contributed by atoms with E-state index in [9.17, 15) is 19.5 Å². The van der Waals surface area contributed by atoms with Crippen molar-refractivity contribution >= 4 is 40.9 Å². The summed E-state index contributed by atoms with van der Waals surface area (Å²) in [5.74, 6) is -1.78. The van der Waals surface area contributed by atoms with E-state index in [2.05, 4.69) is 15.6 Å². The zero-order valence-corrected chi connectivity index (χ0v) is 16.2. The molecule has 1 heterocycles. The first-order valence-electron chi connectivity index (χ1n) is 8.46. The number of hydrogen-bond donors (Lipinski definition) is 5. The maximum atomic E-state index is 12.5. The van der Waals surface area contributed by atoms with Crippen molar-refractivity contribution in [2.24, 2.45) is 16.5 Å². The summed E-state index contributed by atoms with van der Waals surface area (Å²) in [5, 5.41) is 14.7. The van der Waals surface area contributed by atoms with Crippen molar-refractivity contribution in [3.05, 3.63) is 12.2 Å². The molecule has 27 heavy (non-hydrogen) atoms. The molecule has 0 aliphatic carbocycles. The van der Waals surface area contributed by atoms with E-state index in [1.54, 1.807) is 11.8 Å². The van der Waals surface area contributed by atoms with Crippen LogP contribution >= 0.6 is 12.2 Å². The molecule has 2 amide bonds. The number of rotatable bonds is 8. The highest BCUT2D eigenvalue weighted by Crippen LogP contribution is 2.19. The molecule has 0 bridgehead atoms. The molecule has 0 aromatic carbocycles. The van der Waals surface area contributed by atoms with Crippen LogP contribution in [0.5, 0.6) is 0 Å². The van der Waals surface area contributed by atoms with Gasteiger partial charge >= 0.3 is 5.97 Å². The number of nitrogens with zero attached hydrogens (tertiary/aromatic N) is 2. The van der Waals surface area contributed by atoms with Gasteiger partial charge in [-0.1, -0.05) is 24.4 Å². The van der Waals surface area contributed by atoms with E-state index in [1.807, 2.05) is 0 Å². The zero-order valence-electron chi connectivity index (χ0n) is 15.3. The number of likely N-dealkylation sites (tertiary alicyclic amines) is 1. The molecule has 3 atom stereocenters. The largest absolute Gasteiger partial charge is 0.479 e. The van der Waals surface area contributed by atoms with Crippen molar-refractivity contribution in [3.8, 4) is 0 Å². The molecule has 7 N–H and O–H groups in total. The third kappa shape index (κ3) is 7.21. The number of carbonyl (C=O) groups excluding carboxylic acids is 2. The third-order valence-corrected chi connectivity index (χ3v) is 4.29. The van der Waals surface area contributed by atoms with Crippen LogP contribution in [0.3, 0.4) is 0 Å². The summed E-state index contributed by atoms with van der Waals surface area (Å²) in [6.07, 6.45) is 4.25. The van der Waals surface area contributed by atoms with E-state index >= 15 is 0 Å². The van der Waals surface area contributed by atoms with E-state index in [4.69, 9.17) is 23.7 Å². The standard InChI is InChI=1S/C16H26N6O4S/c1-9(20-10(2)23)14(24)22-8-4-6-12(22)13(27)21-11(15(25)26)5-3-7-19-16(17)18/h3,5,9,11-12H,4,6-8H2,1-2H3,(H,20,23)(H,21,27)(H,25,26)(H4,17,18,19). The molecule has 1 saturated heterocycles. The molecule has 0 spiro atoms. The van der Waals surface area contributed by atoms with Gasteiger partial charge in [-0.2, -0.15) is 0 Å². The van der Waals surface area contributed by atoms with E-state index in [0.29, 0.717) is 13.0 Å². The fraction of sp³-hybridized carbons (Fsp3) is 0.562. The Kier molecular flexibility index (Phi) is 8.66. The van der Waals surface area contributed by atoms with Crippen LogP contribution < -0.4 is 22.1 Å². The van der Waals surface area contributed by atoms with Crippen molar-refractivity contribution in [1.29, 1.82) is 0 Å². The lowest BCUT2D eigenvalue weighted by molar-refractivity contribution is -0.137. The Morgan fingerprint density at radius 3 is 2.59 bits per heavy atom. The number of guanidine groups is 1.